The Hall–Kier alpha value is -0.640. The predicted octanol–water partition coefficient (Wildman–Crippen LogP) is 2.12. The standard InChI is InChI=1S/C10H13ClFNO/c1-7(13-4-5-14)8-2-3-10(12)9(11)6-8/h2-3,6-7,13-14H,4-5H2,1H3. The van der Waals surface area contributed by atoms with Gasteiger partial charge in [-0.2, -0.15) is 0 Å². The summed E-state index contributed by atoms with van der Waals surface area (Å²) in [6.07, 6.45) is 0. The van der Waals surface area contributed by atoms with Crippen LogP contribution in [0.1, 0.15) is 18.5 Å². The second kappa shape index (κ2) is 5.29. The summed E-state index contributed by atoms with van der Waals surface area (Å²) >= 11 is 5.64. The van der Waals surface area contributed by atoms with Gasteiger partial charge in [-0.1, -0.05) is 17.7 Å². The maximum atomic E-state index is 12.8. The molecule has 1 rings (SSSR count). The molecule has 0 aliphatic carbocycles. The molecule has 0 aliphatic heterocycles. The fourth-order valence-corrected chi connectivity index (χ4v) is 1.37. The molecule has 2 N–H and O–H groups in total. The molecular formula is C10H13ClFNO. The van der Waals surface area contributed by atoms with E-state index < -0.39 is 5.82 Å². The van der Waals surface area contributed by atoms with E-state index in [9.17, 15) is 4.39 Å². The van der Waals surface area contributed by atoms with Crippen LogP contribution in [0, 0.1) is 5.82 Å². The average Bonchev–Trinajstić information content (AvgIpc) is 2.18. The number of aliphatic hydroxyl groups is 1. The first-order valence-electron chi connectivity index (χ1n) is 4.44. The van der Waals surface area contributed by atoms with E-state index >= 15 is 0 Å². The molecule has 2 nitrogen and oxygen atoms in total. The van der Waals surface area contributed by atoms with Crippen molar-refractivity contribution in [3.8, 4) is 0 Å². The summed E-state index contributed by atoms with van der Waals surface area (Å²) in [5, 5.41) is 11.8. The lowest BCUT2D eigenvalue weighted by atomic mass is 10.1. The third kappa shape index (κ3) is 2.94. The number of hydrogen-bond donors (Lipinski definition) is 2. The number of benzene rings is 1. The van der Waals surface area contributed by atoms with Crippen LogP contribution in [0.4, 0.5) is 4.39 Å². The number of aliphatic hydroxyl groups excluding tert-OH is 1. The summed E-state index contributed by atoms with van der Waals surface area (Å²) in [5.41, 5.74) is 0.907. The molecule has 78 valence electrons. The first-order chi connectivity index (χ1) is 6.65. The summed E-state index contributed by atoms with van der Waals surface area (Å²) in [4.78, 5) is 0. The van der Waals surface area contributed by atoms with Gasteiger partial charge in [0.1, 0.15) is 5.82 Å². The molecule has 1 atom stereocenters. The first kappa shape index (κ1) is 11.4. The van der Waals surface area contributed by atoms with Crippen molar-refractivity contribution in [1.82, 2.24) is 5.32 Å². The molecule has 14 heavy (non-hydrogen) atoms. The van der Waals surface area contributed by atoms with Gasteiger partial charge in [-0.25, -0.2) is 4.39 Å². The summed E-state index contributed by atoms with van der Waals surface area (Å²) in [7, 11) is 0. The SMILES string of the molecule is CC(NCCO)c1ccc(F)c(Cl)c1. The van der Waals surface area contributed by atoms with E-state index in [-0.39, 0.29) is 17.7 Å². The molecule has 1 unspecified atom stereocenters. The van der Waals surface area contributed by atoms with Gasteiger partial charge in [0, 0.05) is 12.6 Å². The van der Waals surface area contributed by atoms with E-state index in [4.69, 9.17) is 16.7 Å². The van der Waals surface area contributed by atoms with Crippen LogP contribution in [0.3, 0.4) is 0 Å². The van der Waals surface area contributed by atoms with E-state index in [0.29, 0.717) is 6.54 Å². The van der Waals surface area contributed by atoms with Crippen molar-refractivity contribution in [2.45, 2.75) is 13.0 Å². The Labute approximate surface area is 87.7 Å². The Morgan fingerprint density at radius 2 is 2.29 bits per heavy atom. The molecule has 0 heterocycles. The van der Waals surface area contributed by atoms with Crippen LogP contribution in [0.25, 0.3) is 0 Å². The van der Waals surface area contributed by atoms with Gasteiger partial charge in [0.05, 0.1) is 11.6 Å². The summed E-state index contributed by atoms with van der Waals surface area (Å²) in [5.74, 6) is -0.412. The van der Waals surface area contributed by atoms with Crippen LogP contribution in [-0.4, -0.2) is 18.3 Å². The Bertz CT molecular complexity index is 306. The molecule has 0 aromatic heterocycles. The molecule has 0 spiro atoms. The topological polar surface area (TPSA) is 32.3 Å². The maximum absolute atomic E-state index is 12.8. The quantitative estimate of drug-likeness (QED) is 0.810. The zero-order valence-corrected chi connectivity index (χ0v) is 8.68. The molecule has 4 heteroatoms. The van der Waals surface area contributed by atoms with Crippen molar-refractivity contribution >= 4 is 11.6 Å². The minimum absolute atomic E-state index is 0.0558. The largest absolute Gasteiger partial charge is 0.395 e. The number of nitrogens with one attached hydrogen (secondary N) is 1. The van der Waals surface area contributed by atoms with Gasteiger partial charge in [0.2, 0.25) is 0 Å². The minimum Gasteiger partial charge on any atom is -0.395 e. The molecular weight excluding hydrogens is 205 g/mol. The zero-order chi connectivity index (χ0) is 10.6. The third-order valence-corrected chi connectivity index (χ3v) is 2.30. The highest BCUT2D eigenvalue weighted by Crippen LogP contribution is 2.20. The second-order valence-electron chi connectivity index (χ2n) is 3.07. The Balaban J connectivity index is 2.70. The van der Waals surface area contributed by atoms with E-state index in [0.717, 1.165) is 5.56 Å². The van der Waals surface area contributed by atoms with E-state index in [1.807, 2.05) is 6.92 Å². The average molecular weight is 218 g/mol. The van der Waals surface area contributed by atoms with Crippen LogP contribution in [0.5, 0.6) is 0 Å². The van der Waals surface area contributed by atoms with E-state index in [1.54, 1.807) is 12.1 Å². The Kier molecular flexibility index (Phi) is 4.32. The second-order valence-corrected chi connectivity index (χ2v) is 3.48. The fraction of sp³-hybridized carbons (Fsp3) is 0.400. The smallest absolute Gasteiger partial charge is 0.141 e. The molecule has 0 saturated carbocycles. The molecule has 1 aromatic rings. The summed E-state index contributed by atoms with van der Waals surface area (Å²) in [6, 6.07) is 4.66. The van der Waals surface area contributed by atoms with Gasteiger partial charge in [-0.15, -0.1) is 0 Å². The van der Waals surface area contributed by atoms with Crippen molar-refractivity contribution in [1.29, 1.82) is 0 Å². The molecule has 0 fully saturated rings. The van der Waals surface area contributed by atoms with Crippen LogP contribution in [0.15, 0.2) is 18.2 Å². The van der Waals surface area contributed by atoms with Crippen molar-refractivity contribution in [3.63, 3.8) is 0 Å². The van der Waals surface area contributed by atoms with E-state index in [1.165, 1.54) is 6.07 Å². The van der Waals surface area contributed by atoms with Gasteiger partial charge in [0.15, 0.2) is 0 Å². The molecule has 0 saturated heterocycles. The van der Waals surface area contributed by atoms with Gasteiger partial charge < -0.3 is 10.4 Å². The fourth-order valence-electron chi connectivity index (χ4n) is 1.18. The van der Waals surface area contributed by atoms with Crippen LogP contribution >= 0.6 is 11.6 Å². The lowest BCUT2D eigenvalue weighted by molar-refractivity contribution is 0.286. The molecule has 0 bridgehead atoms. The Morgan fingerprint density at radius 1 is 1.57 bits per heavy atom. The molecule has 0 aliphatic rings. The molecule has 0 radical (unpaired) electrons. The molecule has 1 aromatic carbocycles. The van der Waals surface area contributed by atoms with Crippen LogP contribution in [0.2, 0.25) is 5.02 Å². The number of hydrogen-bond acceptors (Lipinski definition) is 2. The Morgan fingerprint density at radius 3 is 2.86 bits per heavy atom. The van der Waals surface area contributed by atoms with Crippen molar-refractivity contribution in [2.75, 3.05) is 13.2 Å². The highest BCUT2D eigenvalue weighted by molar-refractivity contribution is 6.30. The van der Waals surface area contributed by atoms with Crippen LogP contribution < -0.4 is 5.32 Å². The van der Waals surface area contributed by atoms with Gasteiger partial charge in [-0.05, 0) is 24.6 Å². The third-order valence-electron chi connectivity index (χ3n) is 2.01. The van der Waals surface area contributed by atoms with E-state index in [2.05, 4.69) is 5.32 Å². The minimum atomic E-state index is -0.412. The first-order valence-corrected chi connectivity index (χ1v) is 4.82. The highest BCUT2D eigenvalue weighted by atomic mass is 35.5. The van der Waals surface area contributed by atoms with Gasteiger partial charge in [0.25, 0.3) is 0 Å². The normalized spacial score (nSPS) is 12.9. The highest BCUT2D eigenvalue weighted by Gasteiger charge is 2.06. The van der Waals surface area contributed by atoms with Crippen LogP contribution in [-0.2, 0) is 0 Å². The maximum Gasteiger partial charge on any atom is 0.141 e. The van der Waals surface area contributed by atoms with Crippen molar-refractivity contribution < 1.29 is 9.50 Å². The van der Waals surface area contributed by atoms with Gasteiger partial charge in [-0.3, -0.25) is 0 Å². The lowest BCUT2D eigenvalue weighted by Gasteiger charge is -2.13. The summed E-state index contributed by atoms with van der Waals surface area (Å²) < 4.78 is 12.8. The number of halogens is 2. The summed E-state index contributed by atoms with van der Waals surface area (Å²) in [6.45, 7) is 2.52. The monoisotopic (exact) mass is 217 g/mol. The lowest BCUT2D eigenvalue weighted by Crippen LogP contribution is -2.22. The number of rotatable bonds is 4. The van der Waals surface area contributed by atoms with Crippen molar-refractivity contribution in [3.05, 3.63) is 34.6 Å². The van der Waals surface area contributed by atoms with Gasteiger partial charge >= 0.3 is 0 Å². The predicted molar refractivity (Wildman–Crippen MR) is 54.9 cm³/mol. The molecule has 0 amide bonds. The zero-order valence-electron chi connectivity index (χ0n) is 7.93. The van der Waals surface area contributed by atoms with Crippen molar-refractivity contribution in [2.24, 2.45) is 0 Å².